The van der Waals surface area contributed by atoms with Gasteiger partial charge in [0.05, 0.1) is 18.5 Å². The Balaban J connectivity index is 1.82. The number of sulfonamides is 1. The number of nitrogens with one attached hydrogen (secondary N) is 1. The molecular formula is C18H19N3O4S. The quantitative estimate of drug-likeness (QED) is 0.686. The second-order valence-corrected chi connectivity index (χ2v) is 7.14. The Morgan fingerprint density at radius 2 is 1.77 bits per heavy atom. The second kappa shape index (κ2) is 7.49. The van der Waals surface area contributed by atoms with E-state index in [-0.39, 0.29) is 4.90 Å². The smallest absolute Gasteiger partial charge is 0.265 e. The Labute approximate surface area is 152 Å². The van der Waals surface area contributed by atoms with Crippen LogP contribution in [0.15, 0.2) is 65.8 Å². The summed E-state index contributed by atoms with van der Waals surface area (Å²) in [6, 6.07) is 13.9. The third-order valence-electron chi connectivity index (χ3n) is 3.49. The summed E-state index contributed by atoms with van der Waals surface area (Å²) in [5, 5.41) is 3.89. The van der Waals surface area contributed by atoms with Gasteiger partial charge in [0.2, 0.25) is 0 Å². The fourth-order valence-corrected chi connectivity index (χ4v) is 3.33. The Morgan fingerprint density at radius 1 is 1.08 bits per heavy atom. The van der Waals surface area contributed by atoms with Crippen LogP contribution in [-0.2, 0) is 17.1 Å². The van der Waals surface area contributed by atoms with Gasteiger partial charge in [-0.3, -0.25) is 9.40 Å². The van der Waals surface area contributed by atoms with Gasteiger partial charge in [-0.25, -0.2) is 8.42 Å². The lowest BCUT2D eigenvalue weighted by Crippen LogP contribution is -2.13. The Bertz CT molecular complexity index is 982. The first-order valence-electron chi connectivity index (χ1n) is 7.99. The van der Waals surface area contributed by atoms with Crippen molar-refractivity contribution in [2.45, 2.75) is 11.8 Å². The van der Waals surface area contributed by atoms with E-state index in [1.807, 2.05) is 6.92 Å². The highest BCUT2D eigenvalue weighted by Crippen LogP contribution is 2.31. The van der Waals surface area contributed by atoms with Crippen molar-refractivity contribution >= 4 is 15.7 Å². The predicted molar refractivity (Wildman–Crippen MR) is 98.1 cm³/mol. The molecule has 8 heteroatoms. The van der Waals surface area contributed by atoms with E-state index >= 15 is 0 Å². The van der Waals surface area contributed by atoms with E-state index in [0.29, 0.717) is 23.8 Å². The number of nitrogens with zero attached hydrogens (tertiary/aromatic N) is 2. The molecule has 0 saturated carbocycles. The molecule has 3 rings (SSSR count). The number of aromatic nitrogens is 2. The highest BCUT2D eigenvalue weighted by Gasteiger charge is 2.18. The van der Waals surface area contributed by atoms with Crippen molar-refractivity contribution in [3.05, 3.63) is 60.9 Å². The van der Waals surface area contributed by atoms with Gasteiger partial charge < -0.3 is 9.47 Å². The molecule has 1 aromatic heterocycles. The van der Waals surface area contributed by atoms with Crippen LogP contribution in [0.4, 0.5) is 5.69 Å². The van der Waals surface area contributed by atoms with Crippen LogP contribution in [0.1, 0.15) is 6.92 Å². The summed E-state index contributed by atoms with van der Waals surface area (Å²) >= 11 is 0. The van der Waals surface area contributed by atoms with Crippen LogP contribution in [0.5, 0.6) is 17.2 Å². The maximum Gasteiger partial charge on any atom is 0.265 e. The SMILES string of the molecule is CCOc1ccc(Oc2ccccc2NS(=O)(=O)c2cnn(C)c2)cc1. The van der Waals surface area contributed by atoms with Crippen molar-refractivity contribution in [2.24, 2.45) is 7.05 Å². The fraction of sp³-hybridized carbons (Fsp3) is 0.167. The van der Waals surface area contributed by atoms with Gasteiger partial charge in [-0.1, -0.05) is 12.1 Å². The number of benzene rings is 2. The Morgan fingerprint density at radius 3 is 2.42 bits per heavy atom. The molecule has 0 fully saturated rings. The summed E-state index contributed by atoms with van der Waals surface area (Å²) in [4.78, 5) is 0.0795. The van der Waals surface area contributed by atoms with Gasteiger partial charge in [-0.15, -0.1) is 0 Å². The van der Waals surface area contributed by atoms with Gasteiger partial charge in [0, 0.05) is 13.2 Å². The predicted octanol–water partition coefficient (Wildman–Crippen LogP) is 3.41. The molecule has 0 amide bonds. The number of hydrogen-bond acceptors (Lipinski definition) is 5. The maximum absolute atomic E-state index is 12.5. The molecule has 3 aromatic rings. The van der Waals surface area contributed by atoms with Gasteiger partial charge in [0.15, 0.2) is 5.75 Å². The van der Waals surface area contributed by atoms with Crippen molar-refractivity contribution in [3.8, 4) is 17.2 Å². The fourth-order valence-electron chi connectivity index (χ4n) is 2.28. The van der Waals surface area contributed by atoms with Gasteiger partial charge in [-0.2, -0.15) is 5.10 Å². The molecule has 0 spiro atoms. The van der Waals surface area contributed by atoms with E-state index in [9.17, 15) is 8.42 Å². The van der Waals surface area contributed by atoms with E-state index in [1.165, 1.54) is 17.1 Å². The van der Waals surface area contributed by atoms with Crippen molar-refractivity contribution in [1.82, 2.24) is 9.78 Å². The summed E-state index contributed by atoms with van der Waals surface area (Å²) in [6.07, 6.45) is 2.72. The summed E-state index contributed by atoms with van der Waals surface area (Å²) in [6.45, 7) is 2.49. The lowest BCUT2D eigenvalue weighted by Gasteiger charge is -2.13. The van der Waals surface area contributed by atoms with Crippen LogP contribution in [-0.4, -0.2) is 24.8 Å². The van der Waals surface area contributed by atoms with E-state index < -0.39 is 10.0 Å². The molecule has 136 valence electrons. The molecule has 1 heterocycles. The number of hydrogen-bond donors (Lipinski definition) is 1. The van der Waals surface area contributed by atoms with Crippen LogP contribution in [0.3, 0.4) is 0 Å². The first kappa shape index (κ1) is 17.8. The van der Waals surface area contributed by atoms with Crippen LogP contribution < -0.4 is 14.2 Å². The number of para-hydroxylation sites is 2. The summed E-state index contributed by atoms with van der Waals surface area (Å²) in [5.74, 6) is 1.70. The molecule has 0 radical (unpaired) electrons. The zero-order valence-corrected chi connectivity index (χ0v) is 15.2. The first-order chi connectivity index (χ1) is 12.5. The zero-order valence-electron chi connectivity index (χ0n) is 14.4. The minimum Gasteiger partial charge on any atom is -0.494 e. The number of rotatable bonds is 7. The summed E-state index contributed by atoms with van der Waals surface area (Å²) in [7, 11) is -2.10. The first-order valence-corrected chi connectivity index (χ1v) is 9.47. The largest absolute Gasteiger partial charge is 0.494 e. The number of anilines is 1. The molecule has 1 N–H and O–H groups in total. The minimum atomic E-state index is -3.75. The van der Waals surface area contributed by atoms with Crippen molar-refractivity contribution in [3.63, 3.8) is 0 Å². The van der Waals surface area contributed by atoms with E-state index in [1.54, 1.807) is 55.6 Å². The second-order valence-electron chi connectivity index (χ2n) is 5.46. The van der Waals surface area contributed by atoms with Crippen molar-refractivity contribution in [1.29, 1.82) is 0 Å². The van der Waals surface area contributed by atoms with E-state index in [0.717, 1.165) is 5.75 Å². The monoisotopic (exact) mass is 373 g/mol. The van der Waals surface area contributed by atoms with Crippen molar-refractivity contribution in [2.75, 3.05) is 11.3 Å². The van der Waals surface area contributed by atoms with Crippen LogP contribution >= 0.6 is 0 Å². The molecule has 0 atom stereocenters. The highest BCUT2D eigenvalue weighted by molar-refractivity contribution is 7.92. The maximum atomic E-state index is 12.5. The molecule has 26 heavy (non-hydrogen) atoms. The van der Waals surface area contributed by atoms with Crippen LogP contribution in [0, 0.1) is 0 Å². The molecule has 0 aliphatic heterocycles. The molecule has 0 aliphatic carbocycles. The molecule has 0 aliphatic rings. The van der Waals surface area contributed by atoms with Crippen LogP contribution in [0.2, 0.25) is 0 Å². The molecular weight excluding hydrogens is 354 g/mol. The topological polar surface area (TPSA) is 82.4 Å². The highest BCUT2D eigenvalue weighted by atomic mass is 32.2. The number of ether oxygens (including phenoxy) is 2. The lowest BCUT2D eigenvalue weighted by atomic mass is 10.3. The van der Waals surface area contributed by atoms with E-state index in [4.69, 9.17) is 9.47 Å². The Hall–Kier alpha value is -3.00. The third kappa shape index (κ3) is 4.15. The van der Waals surface area contributed by atoms with Crippen LogP contribution in [0.25, 0.3) is 0 Å². The van der Waals surface area contributed by atoms with Gasteiger partial charge >= 0.3 is 0 Å². The van der Waals surface area contributed by atoms with E-state index in [2.05, 4.69) is 9.82 Å². The molecule has 0 saturated heterocycles. The minimum absolute atomic E-state index is 0.0795. The van der Waals surface area contributed by atoms with Gasteiger partial charge in [0.25, 0.3) is 10.0 Å². The molecule has 2 aromatic carbocycles. The van der Waals surface area contributed by atoms with Gasteiger partial charge in [-0.05, 0) is 43.3 Å². The molecule has 7 nitrogen and oxygen atoms in total. The molecule has 0 unspecified atom stereocenters. The normalized spacial score (nSPS) is 11.2. The average molecular weight is 373 g/mol. The summed E-state index contributed by atoms with van der Waals surface area (Å²) < 4.78 is 40.2. The zero-order chi connectivity index (χ0) is 18.6. The Kier molecular flexibility index (Phi) is 5.13. The van der Waals surface area contributed by atoms with Gasteiger partial charge in [0.1, 0.15) is 16.4 Å². The average Bonchev–Trinajstić information content (AvgIpc) is 3.06. The standard InChI is InChI=1S/C18H19N3O4S/c1-3-24-14-8-10-15(11-9-14)25-18-7-5-4-6-17(18)20-26(22,23)16-12-19-21(2)13-16/h4-13,20H,3H2,1-2H3. The third-order valence-corrected chi connectivity index (χ3v) is 4.81. The summed E-state index contributed by atoms with van der Waals surface area (Å²) in [5.41, 5.74) is 0.338. The molecule has 0 bridgehead atoms. The number of aryl methyl sites for hydroxylation is 1. The van der Waals surface area contributed by atoms with Crippen molar-refractivity contribution < 1.29 is 17.9 Å². The lowest BCUT2D eigenvalue weighted by molar-refractivity contribution is 0.339.